The number of rotatable bonds is 1. The van der Waals surface area contributed by atoms with Crippen molar-refractivity contribution < 1.29 is 9.84 Å². The van der Waals surface area contributed by atoms with E-state index in [0.717, 1.165) is 6.61 Å². The second kappa shape index (κ2) is 3.21. The highest BCUT2D eigenvalue weighted by molar-refractivity contribution is 5.11. The molecule has 1 N–H and O–H groups in total. The second-order valence-corrected chi connectivity index (χ2v) is 5.33. The SMILES string of the molecule is OC[C@@H]1[C@H]2CCCO[C@H]2C12CCCC2. The van der Waals surface area contributed by atoms with Gasteiger partial charge in [-0.25, -0.2) is 0 Å². The summed E-state index contributed by atoms with van der Waals surface area (Å²) in [6, 6.07) is 0. The van der Waals surface area contributed by atoms with E-state index in [-0.39, 0.29) is 0 Å². The van der Waals surface area contributed by atoms with Gasteiger partial charge in [-0.15, -0.1) is 0 Å². The van der Waals surface area contributed by atoms with Crippen LogP contribution < -0.4 is 0 Å². The maximum atomic E-state index is 9.50. The van der Waals surface area contributed by atoms with Crippen LogP contribution in [-0.2, 0) is 4.74 Å². The Bertz CT molecular complexity index is 212. The first-order valence-corrected chi connectivity index (χ1v) is 6.11. The van der Waals surface area contributed by atoms with Crippen molar-refractivity contribution in [3.63, 3.8) is 0 Å². The number of hydrogen-bond acceptors (Lipinski definition) is 2. The highest BCUT2D eigenvalue weighted by Crippen LogP contribution is 2.63. The minimum atomic E-state index is 0.393. The van der Waals surface area contributed by atoms with E-state index in [2.05, 4.69) is 0 Å². The van der Waals surface area contributed by atoms with Gasteiger partial charge in [0.05, 0.1) is 6.10 Å². The largest absolute Gasteiger partial charge is 0.396 e. The van der Waals surface area contributed by atoms with Gasteiger partial charge in [-0.3, -0.25) is 0 Å². The van der Waals surface area contributed by atoms with Crippen molar-refractivity contribution in [2.45, 2.75) is 44.6 Å². The van der Waals surface area contributed by atoms with Gasteiger partial charge >= 0.3 is 0 Å². The molecule has 0 aromatic rings. The molecule has 14 heavy (non-hydrogen) atoms. The Hall–Kier alpha value is -0.0800. The fourth-order valence-electron chi connectivity index (χ4n) is 4.33. The summed E-state index contributed by atoms with van der Waals surface area (Å²) in [7, 11) is 0. The zero-order valence-electron chi connectivity index (χ0n) is 8.74. The van der Waals surface area contributed by atoms with Crippen molar-refractivity contribution >= 4 is 0 Å². The molecule has 3 rings (SSSR count). The molecule has 2 saturated carbocycles. The summed E-state index contributed by atoms with van der Waals surface area (Å²) < 4.78 is 5.94. The number of aliphatic hydroxyl groups is 1. The third-order valence-electron chi connectivity index (χ3n) is 4.92. The van der Waals surface area contributed by atoms with Crippen LogP contribution in [0.3, 0.4) is 0 Å². The molecular formula is C12H20O2. The van der Waals surface area contributed by atoms with Crippen molar-refractivity contribution in [2.24, 2.45) is 17.3 Å². The van der Waals surface area contributed by atoms with E-state index >= 15 is 0 Å². The molecule has 0 aromatic carbocycles. The normalized spacial score (nSPS) is 44.8. The quantitative estimate of drug-likeness (QED) is 0.694. The van der Waals surface area contributed by atoms with E-state index < -0.39 is 0 Å². The second-order valence-electron chi connectivity index (χ2n) is 5.33. The summed E-state index contributed by atoms with van der Waals surface area (Å²) in [5.74, 6) is 1.25. The van der Waals surface area contributed by atoms with Crippen molar-refractivity contribution in [3.05, 3.63) is 0 Å². The van der Waals surface area contributed by atoms with E-state index in [9.17, 15) is 5.11 Å². The molecule has 1 saturated heterocycles. The first-order chi connectivity index (χ1) is 6.88. The van der Waals surface area contributed by atoms with Crippen LogP contribution >= 0.6 is 0 Å². The number of fused-ring (bicyclic) bond motifs is 2. The number of aliphatic hydroxyl groups excluding tert-OH is 1. The summed E-state index contributed by atoms with van der Waals surface area (Å²) in [5, 5.41) is 9.50. The lowest BCUT2D eigenvalue weighted by Gasteiger charge is -2.61. The van der Waals surface area contributed by atoms with Gasteiger partial charge in [-0.2, -0.15) is 0 Å². The third kappa shape index (κ3) is 0.989. The molecule has 0 aromatic heterocycles. The molecule has 0 amide bonds. The zero-order chi connectivity index (χ0) is 9.60. The molecule has 80 valence electrons. The topological polar surface area (TPSA) is 29.5 Å². The van der Waals surface area contributed by atoms with Gasteiger partial charge in [-0.05, 0) is 37.5 Å². The standard InChI is InChI=1S/C12H20O2/c13-8-10-9-4-3-7-14-11(9)12(10)5-1-2-6-12/h9-11,13H,1-8H2/t9-,10-,11-/m1/s1. The lowest BCUT2D eigenvalue weighted by Crippen LogP contribution is -2.63. The Morgan fingerprint density at radius 1 is 1.21 bits per heavy atom. The van der Waals surface area contributed by atoms with Crippen molar-refractivity contribution in [1.82, 2.24) is 0 Å². The summed E-state index contributed by atoms with van der Waals surface area (Å²) in [6.45, 7) is 1.35. The molecule has 3 aliphatic rings. The Morgan fingerprint density at radius 3 is 2.71 bits per heavy atom. The van der Waals surface area contributed by atoms with Crippen LogP contribution in [0.1, 0.15) is 38.5 Å². The summed E-state index contributed by atoms with van der Waals surface area (Å²) >= 11 is 0. The van der Waals surface area contributed by atoms with E-state index in [0.29, 0.717) is 30.0 Å². The van der Waals surface area contributed by atoms with Gasteiger partial charge in [0.15, 0.2) is 0 Å². The molecule has 3 atom stereocenters. The monoisotopic (exact) mass is 196 g/mol. The Kier molecular flexibility index (Phi) is 2.10. The van der Waals surface area contributed by atoms with Crippen LogP contribution in [0.2, 0.25) is 0 Å². The predicted molar refractivity (Wildman–Crippen MR) is 53.9 cm³/mol. The minimum Gasteiger partial charge on any atom is -0.396 e. The fourth-order valence-corrected chi connectivity index (χ4v) is 4.33. The van der Waals surface area contributed by atoms with E-state index in [4.69, 9.17) is 4.74 Å². The molecule has 2 heteroatoms. The van der Waals surface area contributed by atoms with Gasteiger partial charge < -0.3 is 9.84 Å². The van der Waals surface area contributed by atoms with Gasteiger partial charge in [0.2, 0.25) is 0 Å². The highest BCUT2D eigenvalue weighted by Gasteiger charge is 2.62. The Labute approximate surface area is 85.6 Å². The molecule has 0 bridgehead atoms. The summed E-state index contributed by atoms with van der Waals surface area (Å²) in [6.07, 6.45) is 8.31. The van der Waals surface area contributed by atoms with Crippen LogP contribution in [0, 0.1) is 17.3 Å². The average molecular weight is 196 g/mol. The molecule has 1 heterocycles. The van der Waals surface area contributed by atoms with Gasteiger partial charge in [0, 0.05) is 18.6 Å². The smallest absolute Gasteiger partial charge is 0.0666 e. The molecular weight excluding hydrogens is 176 g/mol. The minimum absolute atomic E-state index is 0.393. The number of hydrogen-bond donors (Lipinski definition) is 1. The van der Waals surface area contributed by atoms with Gasteiger partial charge in [-0.1, -0.05) is 12.8 Å². The van der Waals surface area contributed by atoms with Crippen molar-refractivity contribution in [2.75, 3.05) is 13.2 Å². The first kappa shape index (κ1) is 9.17. The summed E-state index contributed by atoms with van der Waals surface area (Å²) in [5.41, 5.74) is 0.403. The molecule has 2 nitrogen and oxygen atoms in total. The molecule has 1 aliphatic heterocycles. The van der Waals surface area contributed by atoms with Crippen LogP contribution in [-0.4, -0.2) is 24.4 Å². The highest BCUT2D eigenvalue weighted by atomic mass is 16.5. The van der Waals surface area contributed by atoms with Crippen molar-refractivity contribution in [3.8, 4) is 0 Å². The zero-order valence-corrected chi connectivity index (χ0v) is 8.74. The van der Waals surface area contributed by atoms with Crippen LogP contribution in [0.5, 0.6) is 0 Å². The van der Waals surface area contributed by atoms with E-state index in [1.807, 2.05) is 0 Å². The Balaban J connectivity index is 1.82. The average Bonchev–Trinajstić information content (AvgIpc) is 2.69. The molecule has 3 fully saturated rings. The number of ether oxygens (including phenoxy) is 1. The predicted octanol–water partition coefficient (Wildman–Crippen LogP) is 1.96. The van der Waals surface area contributed by atoms with Crippen LogP contribution in [0.25, 0.3) is 0 Å². The third-order valence-corrected chi connectivity index (χ3v) is 4.92. The maximum Gasteiger partial charge on any atom is 0.0666 e. The first-order valence-electron chi connectivity index (χ1n) is 6.11. The lowest BCUT2D eigenvalue weighted by atomic mass is 9.49. The maximum absolute atomic E-state index is 9.50. The fraction of sp³-hybridized carbons (Fsp3) is 1.00. The van der Waals surface area contributed by atoms with Crippen molar-refractivity contribution in [1.29, 1.82) is 0 Å². The molecule has 0 radical (unpaired) electrons. The molecule has 2 aliphatic carbocycles. The molecule has 0 unspecified atom stereocenters. The van der Waals surface area contributed by atoms with E-state index in [1.54, 1.807) is 0 Å². The van der Waals surface area contributed by atoms with Crippen LogP contribution in [0.4, 0.5) is 0 Å². The lowest BCUT2D eigenvalue weighted by molar-refractivity contribution is -0.237. The van der Waals surface area contributed by atoms with Gasteiger partial charge in [0.25, 0.3) is 0 Å². The van der Waals surface area contributed by atoms with Gasteiger partial charge in [0.1, 0.15) is 0 Å². The van der Waals surface area contributed by atoms with Crippen LogP contribution in [0.15, 0.2) is 0 Å². The van der Waals surface area contributed by atoms with E-state index in [1.165, 1.54) is 38.5 Å². The Morgan fingerprint density at radius 2 is 2.00 bits per heavy atom. The molecule has 1 spiro atoms. The summed E-state index contributed by atoms with van der Waals surface area (Å²) in [4.78, 5) is 0.